The number of hydrogen-bond acceptors (Lipinski definition) is 5. The normalized spacial score (nSPS) is 22.0. The average molecular weight is 329 g/mol. The number of benzene rings is 1. The first-order valence-electron chi connectivity index (χ1n) is 8.77. The molecular weight excluding hydrogens is 306 g/mol. The Morgan fingerprint density at radius 2 is 1.96 bits per heavy atom. The molecule has 0 spiro atoms. The van der Waals surface area contributed by atoms with Gasteiger partial charge in [-0.3, -0.25) is 4.79 Å². The number of aromatic nitrogens is 2. The van der Waals surface area contributed by atoms with Crippen LogP contribution in [0.4, 0.5) is 5.82 Å². The Balaban J connectivity index is 1.77. The maximum atomic E-state index is 13.1. The smallest absolute Gasteiger partial charge is 0.294 e. The van der Waals surface area contributed by atoms with Crippen molar-refractivity contribution >= 4 is 16.9 Å². The number of nitrogens with zero attached hydrogens (tertiary/aromatic N) is 3. The minimum atomic E-state index is -0.0234. The second kappa shape index (κ2) is 6.91. The molecule has 6 heteroatoms. The predicted molar refractivity (Wildman–Crippen MR) is 92.6 cm³/mol. The van der Waals surface area contributed by atoms with E-state index in [-0.39, 0.29) is 11.7 Å². The Hall–Kier alpha value is -1.92. The molecule has 0 N–H and O–H groups in total. The molecule has 2 saturated heterocycles. The largest absolute Gasteiger partial charge is 0.378 e. The van der Waals surface area contributed by atoms with Crippen LogP contribution in [0.2, 0.25) is 0 Å². The maximum Gasteiger partial charge on any atom is 0.294 e. The Kier molecular flexibility index (Phi) is 4.49. The van der Waals surface area contributed by atoms with Gasteiger partial charge in [0.2, 0.25) is 0 Å². The van der Waals surface area contributed by atoms with Gasteiger partial charge in [-0.2, -0.15) is 0 Å². The van der Waals surface area contributed by atoms with Crippen LogP contribution in [0, 0.1) is 0 Å². The van der Waals surface area contributed by atoms with Crippen LogP contribution in [0.3, 0.4) is 0 Å². The van der Waals surface area contributed by atoms with E-state index in [0.29, 0.717) is 38.7 Å². The van der Waals surface area contributed by atoms with Crippen LogP contribution in [0.5, 0.6) is 0 Å². The third-order valence-electron chi connectivity index (χ3n) is 4.81. The third-order valence-corrected chi connectivity index (χ3v) is 4.81. The molecule has 1 atom stereocenters. The van der Waals surface area contributed by atoms with Crippen molar-refractivity contribution in [3.8, 4) is 0 Å². The molecular formula is C18H23N3O3. The molecule has 3 heterocycles. The summed E-state index contributed by atoms with van der Waals surface area (Å²) in [4.78, 5) is 19.8. The first kappa shape index (κ1) is 15.6. The molecule has 1 aromatic carbocycles. The Labute approximate surface area is 141 Å². The second-order valence-corrected chi connectivity index (χ2v) is 6.43. The summed E-state index contributed by atoms with van der Waals surface area (Å²) in [7, 11) is 0. The van der Waals surface area contributed by atoms with E-state index in [9.17, 15) is 4.79 Å². The van der Waals surface area contributed by atoms with Crippen LogP contribution in [0.1, 0.15) is 19.3 Å². The van der Waals surface area contributed by atoms with Crippen molar-refractivity contribution < 1.29 is 9.47 Å². The van der Waals surface area contributed by atoms with Gasteiger partial charge in [0.15, 0.2) is 5.82 Å². The zero-order valence-corrected chi connectivity index (χ0v) is 13.8. The lowest BCUT2D eigenvalue weighted by atomic mass is 10.1. The summed E-state index contributed by atoms with van der Waals surface area (Å²) in [5.74, 6) is 0.535. The molecule has 0 bridgehead atoms. The molecule has 2 aliphatic heterocycles. The molecule has 2 fully saturated rings. The van der Waals surface area contributed by atoms with E-state index >= 15 is 0 Å². The summed E-state index contributed by atoms with van der Waals surface area (Å²) >= 11 is 0. The highest BCUT2D eigenvalue weighted by molar-refractivity contribution is 5.76. The maximum absolute atomic E-state index is 13.1. The monoisotopic (exact) mass is 329 g/mol. The van der Waals surface area contributed by atoms with Crippen LogP contribution in [-0.4, -0.2) is 48.6 Å². The molecule has 128 valence electrons. The quantitative estimate of drug-likeness (QED) is 0.859. The van der Waals surface area contributed by atoms with Crippen LogP contribution in [0.25, 0.3) is 11.0 Å². The average Bonchev–Trinajstić information content (AvgIpc) is 2.65. The zero-order valence-electron chi connectivity index (χ0n) is 13.8. The number of hydrogen-bond donors (Lipinski definition) is 0. The number of morpholine rings is 1. The van der Waals surface area contributed by atoms with Crippen LogP contribution in [0.15, 0.2) is 29.1 Å². The van der Waals surface area contributed by atoms with E-state index < -0.39 is 0 Å². The van der Waals surface area contributed by atoms with Crippen molar-refractivity contribution in [2.45, 2.75) is 31.9 Å². The third kappa shape index (κ3) is 3.03. The fourth-order valence-corrected chi connectivity index (χ4v) is 3.50. The number of rotatable bonds is 3. The molecule has 24 heavy (non-hydrogen) atoms. The molecule has 2 aromatic rings. The lowest BCUT2D eigenvalue weighted by molar-refractivity contribution is 0.00614. The second-order valence-electron chi connectivity index (χ2n) is 6.43. The van der Waals surface area contributed by atoms with Crippen LogP contribution >= 0.6 is 0 Å². The van der Waals surface area contributed by atoms with Gasteiger partial charge in [-0.25, -0.2) is 4.98 Å². The topological polar surface area (TPSA) is 56.6 Å². The van der Waals surface area contributed by atoms with E-state index in [4.69, 9.17) is 9.47 Å². The number of fused-ring (bicyclic) bond motifs is 1. The zero-order chi connectivity index (χ0) is 16.4. The van der Waals surface area contributed by atoms with Gasteiger partial charge in [-0.05, 0) is 31.4 Å². The lowest BCUT2D eigenvalue weighted by Crippen LogP contribution is -2.42. The Morgan fingerprint density at radius 1 is 1.12 bits per heavy atom. The van der Waals surface area contributed by atoms with E-state index in [0.717, 1.165) is 30.5 Å². The van der Waals surface area contributed by atoms with Gasteiger partial charge in [-0.15, -0.1) is 0 Å². The molecule has 0 saturated carbocycles. The van der Waals surface area contributed by atoms with Crippen molar-refractivity contribution in [3.05, 3.63) is 34.6 Å². The summed E-state index contributed by atoms with van der Waals surface area (Å²) in [5.41, 5.74) is 1.72. The molecule has 1 unspecified atom stereocenters. The minimum Gasteiger partial charge on any atom is -0.378 e. The molecule has 4 rings (SSSR count). The van der Waals surface area contributed by atoms with E-state index in [2.05, 4.69) is 4.98 Å². The van der Waals surface area contributed by atoms with Gasteiger partial charge in [0, 0.05) is 19.7 Å². The summed E-state index contributed by atoms with van der Waals surface area (Å²) in [6.45, 7) is 4.08. The Bertz CT molecular complexity index is 762. The minimum absolute atomic E-state index is 0.0234. The first-order valence-corrected chi connectivity index (χ1v) is 8.77. The summed E-state index contributed by atoms with van der Waals surface area (Å²) in [5, 5.41) is 0. The highest BCUT2D eigenvalue weighted by atomic mass is 16.5. The van der Waals surface area contributed by atoms with Crippen molar-refractivity contribution in [2.75, 3.05) is 37.8 Å². The summed E-state index contributed by atoms with van der Waals surface area (Å²) < 4.78 is 13.1. The van der Waals surface area contributed by atoms with Crippen molar-refractivity contribution in [2.24, 2.45) is 0 Å². The predicted octanol–water partition coefficient (Wildman–Crippen LogP) is 1.80. The van der Waals surface area contributed by atoms with E-state index in [1.54, 1.807) is 0 Å². The highest BCUT2D eigenvalue weighted by Crippen LogP contribution is 2.19. The van der Waals surface area contributed by atoms with E-state index in [1.165, 1.54) is 6.42 Å². The van der Waals surface area contributed by atoms with Gasteiger partial charge in [-0.1, -0.05) is 12.1 Å². The van der Waals surface area contributed by atoms with Gasteiger partial charge < -0.3 is 18.9 Å². The summed E-state index contributed by atoms with van der Waals surface area (Å²) in [6, 6.07) is 7.85. The Morgan fingerprint density at radius 3 is 2.75 bits per heavy atom. The lowest BCUT2D eigenvalue weighted by Gasteiger charge is -2.29. The van der Waals surface area contributed by atoms with Crippen molar-refractivity contribution in [1.82, 2.24) is 9.55 Å². The van der Waals surface area contributed by atoms with Crippen molar-refractivity contribution in [1.29, 1.82) is 0 Å². The number of ether oxygens (including phenoxy) is 2. The van der Waals surface area contributed by atoms with Gasteiger partial charge >= 0.3 is 0 Å². The standard InChI is InChI=1S/C18H23N3O3/c22-18-17(20-8-11-23-12-9-20)19-15-6-1-2-7-16(15)21(18)13-14-5-3-4-10-24-14/h1-2,6-7,14H,3-5,8-13H2. The molecule has 1 aromatic heterocycles. The summed E-state index contributed by atoms with van der Waals surface area (Å²) in [6.07, 6.45) is 3.40. The number of anilines is 1. The molecule has 2 aliphatic rings. The fraction of sp³-hybridized carbons (Fsp3) is 0.556. The van der Waals surface area contributed by atoms with Crippen LogP contribution in [-0.2, 0) is 16.0 Å². The van der Waals surface area contributed by atoms with Gasteiger partial charge in [0.05, 0.1) is 36.9 Å². The SMILES string of the molecule is O=c1c(N2CCOCC2)nc2ccccc2n1CC1CCCCO1. The van der Waals surface area contributed by atoms with Gasteiger partial charge in [0.1, 0.15) is 0 Å². The molecule has 0 radical (unpaired) electrons. The fourth-order valence-electron chi connectivity index (χ4n) is 3.50. The van der Waals surface area contributed by atoms with Gasteiger partial charge in [0.25, 0.3) is 5.56 Å². The van der Waals surface area contributed by atoms with Crippen LogP contribution < -0.4 is 10.5 Å². The van der Waals surface area contributed by atoms with Crippen molar-refractivity contribution in [3.63, 3.8) is 0 Å². The van der Waals surface area contributed by atoms with E-state index in [1.807, 2.05) is 33.7 Å². The molecule has 0 amide bonds. The first-order chi connectivity index (χ1) is 11.8. The molecule has 0 aliphatic carbocycles. The number of para-hydroxylation sites is 2. The molecule has 6 nitrogen and oxygen atoms in total. The highest BCUT2D eigenvalue weighted by Gasteiger charge is 2.22.